The lowest BCUT2D eigenvalue weighted by Crippen LogP contribution is -2.31. The van der Waals surface area contributed by atoms with Gasteiger partial charge in [-0.1, -0.05) is 36.0 Å². The van der Waals surface area contributed by atoms with Crippen LogP contribution in [0.15, 0.2) is 48.1 Å². The van der Waals surface area contributed by atoms with Gasteiger partial charge in [-0.15, -0.1) is 16.8 Å². The van der Waals surface area contributed by atoms with Gasteiger partial charge in [0.1, 0.15) is 5.82 Å². The summed E-state index contributed by atoms with van der Waals surface area (Å²) in [5, 5.41) is 12.0. The molecule has 0 radical (unpaired) electrons. The van der Waals surface area contributed by atoms with Crippen molar-refractivity contribution in [3.63, 3.8) is 0 Å². The first kappa shape index (κ1) is 15.8. The maximum atomic E-state index is 12.1. The highest BCUT2D eigenvalue weighted by Crippen LogP contribution is 2.41. The molecule has 0 bridgehead atoms. The van der Waals surface area contributed by atoms with Gasteiger partial charge in [0.2, 0.25) is 5.91 Å². The van der Waals surface area contributed by atoms with Crippen LogP contribution in [0.25, 0.3) is 5.69 Å². The minimum atomic E-state index is -0.242. The summed E-state index contributed by atoms with van der Waals surface area (Å²) < 4.78 is 2.08. The van der Waals surface area contributed by atoms with Crippen LogP contribution >= 0.6 is 11.8 Å². The fraction of sp³-hybridized carbons (Fsp3) is 0.353. The van der Waals surface area contributed by atoms with Gasteiger partial charge in [0, 0.05) is 18.2 Å². The van der Waals surface area contributed by atoms with Crippen LogP contribution in [0.4, 0.5) is 0 Å². The van der Waals surface area contributed by atoms with E-state index in [1.807, 2.05) is 37.3 Å². The number of hydrogen-bond donors (Lipinski definition) is 1. The number of thioether (sulfide) groups is 1. The molecule has 0 aliphatic heterocycles. The van der Waals surface area contributed by atoms with Crippen molar-refractivity contribution < 1.29 is 4.79 Å². The zero-order chi connectivity index (χ0) is 16.2. The molecular weight excluding hydrogens is 308 g/mol. The molecule has 1 fully saturated rings. The van der Waals surface area contributed by atoms with Crippen molar-refractivity contribution >= 4 is 17.7 Å². The Morgan fingerprint density at radius 1 is 1.43 bits per heavy atom. The lowest BCUT2D eigenvalue weighted by molar-refractivity contribution is -0.120. The lowest BCUT2D eigenvalue weighted by atomic mass is 10.3. The van der Waals surface area contributed by atoms with Crippen LogP contribution in [0, 0.1) is 0 Å². The number of nitrogens with one attached hydrogen (secondary N) is 1. The number of nitrogens with zero attached hydrogens (tertiary/aromatic N) is 3. The second-order valence-corrected chi connectivity index (χ2v) is 6.89. The van der Waals surface area contributed by atoms with Gasteiger partial charge >= 0.3 is 0 Å². The van der Waals surface area contributed by atoms with E-state index in [1.54, 1.807) is 6.08 Å². The number of benzene rings is 1. The third-order valence-corrected chi connectivity index (χ3v) is 4.73. The van der Waals surface area contributed by atoms with Crippen LogP contribution in [-0.4, -0.2) is 32.5 Å². The minimum Gasteiger partial charge on any atom is -0.352 e. The molecule has 1 unspecified atom stereocenters. The van der Waals surface area contributed by atoms with Crippen LogP contribution in [0.1, 0.15) is 31.5 Å². The van der Waals surface area contributed by atoms with Crippen LogP contribution in [0.3, 0.4) is 0 Å². The van der Waals surface area contributed by atoms with Gasteiger partial charge in [-0.05, 0) is 31.9 Å². The Hall–Kier alpha value is -2.08. The zero-order valence-electron chi connectivity index (χ0n) is 13.1. The largest absolute Gasteiger partial charge is 0.352 e. The average molecular weight is 328 g/mol. The Morgan fingerprint density at radius 2 is 2.17 bits per heavy atom. The highest BCUT2D eigenvalue weighted by molar-refractivity contribution is 8.00. The molecular formula is C17H20N4OS. The molecule has 3 rings (SSSR count). The summed E-state index contributed by atoms with van der Waals surface area (Å²) in [6, 6.07) is 10.1. The van der Waals surface area contributed by atoms with Gasteiger partial charge in [0.05, 0.1) is 5.25 Å². The topological polar surface area (TPSA) is 59.8 Å². The van der Waals surface area contributed by atoms with Crippen LogP contribution in [0.5, 0.6) is 0 Å². The number of para-hydroxylation sites is 1. The highest BCUT2D eigenvalue weighted by Gasteiger charge is 2.31. The van der Waals surface area contributed by atoms with Crippen molar-refractivity contribution in [1.82, 2.24) is 20.1 Å². The van der Waals surface area contributed by atoms with Crippen molar-refractivity contribution in [3.05, 3.63) is 48.8 Å². The Bertz CT molecular complexity index is 694. The third-order valence-electron chi connectivity index (χ3n) is 3.69. The molecule has 1 N–H and O–H groups in total. The van der Waals surface area contributed by atoms with E-state index in [-0.39, 0.29) is 11.2 Å². The van der Waals surface area contributed by atoms with Crippen molar-refractivity contribution in [3.8, 4) is 5.69 Å². The predicted molar refractivity (Wildman–Crippen MR) is 91.9 cm³/mol. The molecule has 0 spiro atoms. The fourth-order valence-corrected chi connectivity index (χ4v) is 3.21. The molecule has 1 saturated carbocycles. The second-order valence-electron chi connectivity index (χ2n) is 5.58. The monoisotopic (exact) mass is 328 g/mol. The van der Waals surface area contributed by atoms with E-state index in [0.29, 0.717) is 12.5 Å². The average Bonchev–Trinajstić information content (AvgIpc) is 3.34. The zero-order valence-corrected chi connectivity index (χ0v) is 13.9. The SMILES string of the molecule is C=CCNC(=O)C(C)Sc1nnc(C2CC2)n1-c1ccccc1. The number of carbonyl (C=O) groups excluding carboxylic acids is 1. The standard InChI is InChI=1S/C17H20N4OS/c1-3-11-18-16(22)12(2)23-17-20-19-15(13-9-10-13)21(17)14-7-5-4-6-8-14/h3-8,12-13H,1,9-11H2,2H3,(H,18,22). The number of carbonyl (C=O) groups is 1. The fourth-order valence-electron chi connectivity index (χ4n) is 2.31. The van der Waals surface area contributed by atoms with E-state index in [2.05, 4.69) is 26.7 Å². The van der Waals surface area contributed by atoms with Crippen LogP contribution in [-0.2, 0) is 4.79 Å². The maximum absolute atomic E-state index is 12.1. The van der Waals surface area contributed by atoms with Gasteiger partial charge in [0.25, 0.3) is 0 Å². The highest BCUT2D eigenvalue weighted by atomic mass is 32.2. The molecule has 1 aromatic carbocycles. The quantitative estimate of drug-likeness (QED) is 0.627. The molecule has 1 atom stereocenters. The number of rotatable bonds is 7. The maximum Gasteiger partial charge on any atom is 0.233 e. The third kappa shape index (κ3) is 3.64. The summed E-state index contributed by atoms with van der Waals surface area (Å²) >= 11 is 1.43. The molecule has 1 aromatic heterocycles. The van der Waals surface area contributed by atoms with Crippen molar-refractivity contribution in [1.29, 1.82) is 0 Å². The lowest BCUT2D eigenvalue weighted by Gasteiger charge is -2.13. The van der Waals surface area contributed by atoms with E-state index >= 15 is 0 Å². The van der Waals surface area contributed by atoms with E-state index in [9.17, 15) is 4.79 Å². The summed E-state index contributed by atoms with van der Waals surface area (Å²) in [6.45, 7) is 5.96. The molecule has 23 heavy (non-hydrogen) atoms. The van der Waals surface area contributed by atoms with Crippen LogP contribution < -0.4 is 5.32 Å². The van der Waals surface area contributed by atoms with E-state index < -0.39 is 0 Å². The summed E-state index contributed by atoms with van der Waals surface area (Å²) in [4.78, 5) is 12.1. The summed E-state index contributed by atoms with van der Waals surface area (Å²) in [5.41, 5.74) is 1.04. The van der Waals surface area contributed by atoms with E-state index in [4.69, 9.17) is 0 Å². The van der Waals surface area contributed by atoms with E-state index in [0.717, 1.165) is 29.5 Å². The number of hydrogen-bond acceptors (Lipinski definition) is 4. The Balaban J connectivity index is 1.85. The Kier molecular flexibility index (Phi) is 4.81. The van der Waals surface area contributed by atoms with Gasteiger partial charge in [-0.2, -0.15) is 0 Å². The molecule has 1 aliphatic carbocycles. The van der Waals surface area contributed by atoms with Crippen molar-refractivity contribution in [2.45, 2.75) is 36.1 Å². The van der Waals surface area contributed by atoms with E-state index in [1.165, 1.54) is 11.8 Å². The molecule has 2 aromatic rings. The Labute approximate surface area is 140 Å². The molecule has 0 saturated heterocycles. The van der Waals surface area contributed by atoms with Crippen LogP contribution in [0.2, 0.25) is 0 Å². The predicted octanol–water partition coefficient (Wildman–Crippen LogP) is 2.93. The number of amides is 1. The molecule has 6 heteroatoms. The molecule has 5 nitrogen and oxygen atoms in total. The summed E-state index contributed by atoms with van der Waals surface area (Å²) in [7, 11) is 0. The number of aromatic nitrogens is 3. The second kappa shape index (κ2) is 7.00. The first-order chi connectivity index (χ1) is 11.2. The molecule has 1 amide bonds. The smallest absolute Gasteiger partial charge is 0.233 e. The van der Waals surface area contributed by atoms with Crippen molar-refractivity contribution in [2.75, 3.05) is 6.54 Å². The van der Waals surface area contributed by atoms with Crippen molar-refractivity contribution in [2.24, 2.45) is 0 Å². The van der Waals surface area contributed by atoms with Gasteiger partial charge in [-0.25, -0.2) is 0 Å². The normalized spacial score (nSPS) is 15.2. The Morgan fingerprint density at radius 3 is 2.83 bits per heavy atom. The molecule has 120 valence electrons. The molecule has 1 heterocycles. The summed E-state index contributed by atoms with van der Waals surface area (Å²) in [6.07, 6.45) is 3.99. The van der Waals surface area contributed by atoms with Gasteiger partial charge < -0.3 is 5.32 Å². The first-order valence-corrected chi connectivity index (χ1v) is 8.64. The summed E-state index contributed by atoms with van der Waals surface area (Å²) in [5.74, 6) is 1.46. The van der Waals surface area contributed by atoms with Gasteiger partial charge in [0.15, 0.2) is 5.16 Å². The minimum absolute atomic E-state index is 0.0227. The van der Waals surface area contributed by atoms with Gasteiger partial charge in [-0.3, -0.25) is 9.36 Å². The first-order valence-electron chi connectivity index (χ1n) is 7.76. The molecule has 1 aliphatic rings.